The predicted octanol–water partition coefficient (Wildman–Crippen LogP) is 2.00. The average molecular weight is 168 g/mol. The van der Waals surface area contributed by atoms with Crippen LogP contribution in [-0.4, -0.2) is 12.6 Å². The van der Waals surface area contributed by atoms with Crippen LogP contribution in [0.5, 0.6) is 0 Å². The molecule has 0 saturated heterocycles. The van der Waals surface area contributed by atoms with Crippen molar-refractivity contribution >= 4 is 5.97 Å². The lowest BCUT2D eigenvalue weighted by atomic mass is 10.0. The fraction of sp³-hybridized carbons (Fsp3) is 0.700. The second kappa shape index (κ2) is 4.48. The molecule has 2 atom stereocenters. The molecule has 0 aromatic carbocycles. The first-order chi connectivity index (χ1) is 5.77. The molecule has 1 aliphatic carbocycles. The molecule has 2 nitrogen and oxygen atoms in total. The largest absolute Gasteiger partial charge is 0.466 e. The van der Waals surface area contributed by atoms with E-state index in [4.69, 9.17) is 4.74 Å². The molecule has 0 aromatic heterocycles. The summed E-state index contributed by atoms with van der Waals surface area (Å²) in [4.78, 5) is 11.2. The lowest BCUT2D eigenvalue weighted by Crippen LogP contribution is -2.15. The van der Waals surface area contributed by atoms with Crippen LogP contribution in [0.4, 0.5) is 0 Å². The molecule has 2 heteroatoms. The highest BCUT2D eigenvalue weighted by Crippen LogP contribution is 2.32. The molecule has 2 unspecified atom stereocenters. The standard InChI is InChI=1S/C10H16O2/c1-3-8-5-6-9(7-8)10(11)12-4-2/h6,8-9H,1,3-5,7H2,2H3. The molecule has 2 radical (unpaired) electrons. The molecule has 1 fully saturated rings. The van der Waals surface area contributed by atoms with Gasteiger partial charge < -0.3 is 4.74 Å². The van der Waals surface area contributed by atoms with E-state index in [2.05, 4.69) is 13.3 Å². The van der Waals surface area contributed by atoms with E-state index in [1.165, 1.54) is 0 Å². The molecule has 12 heavy (non-hydrogen) atoms. The zero-order valence-corrected chi connectivity index (χ0v) is 7.58. The van der Waals surface area contributed by atoms with Crippen molar-refractivity contribution < 1.29 is 9.53 Å². The molecule has 0 aliphatic heterocycles. The molecular formula is C10H16O2. The number of carbonyl (C=O) groups excluding carboxylic acids is 1. The van der Waals surface area contributed by atoms with Gasteiger partial charge in [0.05, 0.1) is 12.5 Å². The van der Waals surface area contributed by atoms with Gasteiger partial charge in [0.15, 0.2) is 0 Å². The third-order valence-electron chi connectivity index (χ3n) is 2.34. The summed E-state index contributed by atoms with van der Waals surface area (Å²) >= 11 is 0. The van der Waals surface area contributed by atoms with Crippen LogP contribution in [0.2, 0.25) is 0 Å². The topological polar surface area (TPSA) is 26.3 Å². The number of carbonyl (C=O) groups is 1. The van der Waals surface area contributed by atoms with Gasteiger partial charge in [0.25, 0.3) is 0 Å². The van der Waals surface area contributed by atoms with Crippen LogP contribution in [-0.2, 0) is 9.53 Å². The van der Waals surface area contributed by atoms with Crippen LogP contribution in [0.15, 0.2) is 0 Å². The van der Waals surface area contributed by atoms with Crippen LogP contribution in [0.1, 0.15) is 26.2 Å². The van der Waals surface area contributed by atoms with E-state index in [-0.39, 0.29) is 11.9 Å². The Morgan fingerprint density at radius 3 is 3.00 bits per heavy atom. The van der Waals surface area contributed by atoms with Crippen molar-refractivity contribution in [3.8, 4) is 0 Å². The van der Waals surface area contributed by atoms with E-state index >= 15 is 0 Å². The van der Waals surface area contributed by atoms with Crippen LogP contribution < -0.4 is 0 Å². The Kier molecular flexibility index (Phi) is 3.57. The zero-order valence-electron chi connectivity index (χ0n) is 7.58. The predicted molar refractivity (Wildman–Crippen MR) is 47.1 cm³/mol. The highest BCUT2D eigenvalue weighted by Gasteiger charge is 2.29. The van der Waals surface area contributed by atoms with E-state index in [1.54, 1.807) is 0 Å². The first-order valence-electron chi connectivity index (χ1n) is 4.57. The summed E-state index contributed by atoms with van der Waals surface area (Å²) in [6, 6.07) is 0. The van der Waals surface area contributed by atoms with E-state index in [0.29, 0.717) is 12.5 Å². The maximum atomic E-state index is 11.2. The molecule has 0 N–H and O–H groups in total. The van der Waals surface area contributed by atoms with E-state index in [0.717, 1.165) is 19.3 Å². The second-order valence-corrected chi connectivity index (χ2v) is 3.22. The number of ether oxygens (including phenoxy) is 1. The van der Waals surface area contributed by atoms with Gasteiger partial charge in [-0.1, -0.05) is 13.3 Å². The molecule has 0 heterocycles. The van der Waals surface area contributed by atoms with Crippen LogP contribution in [0, 0.1) is 25.2 Å². The van der Waals surface area contributed by atoms with Crippen molar-refractivity contribution in [1.82, 2.24) is 0 Å². The normalized spacial score (nSPS) is 28.8. The van der Waals surface area contributed by atoms with E-state index in [1.807, 2.05) is 6.92 Å². The molecule has 1 saturated carbocycles. The Bertz CT molecular complexity index is 154. The minimum Gasteiger partial charge on any atom is -0.466 e. The van der Waals surface area contributed by atoms with Gasteiger partial charge >= 0.3 is 5.97 Å². The van der Waals surface area contributed by atoms with Gasteiger partial charge in [-0.3, -0.25) is 4.79 Å². The molecular weight excluding hydrogens is 152 g/mol. The Hall–Kier alpha value is -0.530. The van der Waals surface area contributed by atoms with Gasteiger partial charge in [-0.25, -0.2) is 0 Å². The van der Waals surface area contributed by atoms with Crippen molar-refractivity contribution in [2.45, 2.75) is 26.2 Å². The third kappa shape index (κ3) is 2.23. The molecule has 0 aromatic rings. The van der Waals surface area contributed by atoms with E-state index < -0.39 is 0 Å². The van der Waals surface area contributed by atoms with E-state index in [9.17, 15) is 4.79 Å². The Morgan fingerprint density at radius 1 is 1.75 bits per heavy atom. The number of hydrogen-bond donors (Lipinski definition) is 0. The van der Waals surface area contributed by atoms with Crippen LogP contribution >= 0.6 is 0 Å². The van der Waals surface area contributed by atoms with Gasteiger partial charge in [0.1, 0.15) is 0 Å². The first kappa shape index (κ1) is 9.56. The quantitative estimate of drug-likeness (QED) is 0.602. The summed E-state index contributed by atoms with van der Waals surface area (Å²) in [7, 11) is 0. The molecule has 1 rings (SSSR count). The number of hydrogen-bond acceptors (Lipinski definition) is 2. The first-order valence-corrected chi connectivity index (χ1v) is 4.57. The number of esters is 1. The third-order valence-corrected chi connectivity index (χ3v) is 2.34. The van der Waals surface area contributed by atoms with Gasteiger partial charge in [0.2, 0.25) is 0 Å². The van der Waals surface area contributed by atoms with Gasteiger partial charge in [-0.15, -0.1) is 0 Å². The highest BCUT2D eigenvalue weighted by atomic mass is 16.5. The molecule has 1 aliphatic rings. The van der Waals surface area contributed by atoms with Gasteiger partial charge in [-0.05, 0) is 32.1 Å². The minimum atomic E-state index is -0.0616. The lowest BCUT2D eigenvalue weighted by molar-refractivity contribution is -0.146. The molecule has 68 valence electrons. The van der Waals surface area contributed by atoms with Crippen molar-refractivity contribution in [3.63, 3.8) is 0 Å². The smallest absolute Gasteiger partial charge is 0.309 e. The second-order valence-electron chi connectivity index (χ2n) is 3.22. The molecule has 0 bridgehead atoms. The van der Waals surface area contributed by atoms with Crippen molar-refractivity contribution in [2.24, 2.45) is 11.8 Å². The summed E-state index contributed by atoms with van der Waals surface area (Å²) in [6.07, 6.45) is 4.94. The Labute approximate surface area is 74.3 Å². The average Bonchev–Trinajstić information content (AvgIpc) is 2.52. The molecule has 0 amide bonds. The summed E-state index contributed by atoms with van der Waals surface area (Å²) in [5.74, 6) is 0.574. The van der Waals surface area contributed by atoms with Crippen molar-refractivity contribution in [1.29, 1.82) is 0 Å². The maximum absolute atomic E-state index is 11.2. The van der Waals surface area contributed by atoms with Gasteiger partial charge in [-0.2, -0.15) is 0 Å². The summed E-state index contributed by atoms with van der Waals surface area (Å²) in [5, 5.41) is 0. The zero-order chi connectivity index (χ0) is 8.97. The lowest BCUT2D eigenvalue weighted by Gasteiger charge is -2.08. The Morgan fingerprint density at radius 2 is 2.50 bits per heavy atom. The summed E-state index contributed by atoms with van der Waals surface area (Å²) in [6.45, 7) is 6.16. The maximum Gasteiger partial charge on any atom is 0.309 e. The summed E-state index contributed by atoms with van der Waals surface area (Å²) in [5.41, 5.74) is 0. The van der Waals surface area contributed by atoms with Crippen LogP contribution in [0.3, 0.4) is 0 Å². The highest BCUT2D eigenvalue weighted by molar-refractivity contribution is 5.74. The minimum absolute atomic E-state index is 0.0386. The number of rotatable bonds is 3. The molecule has 0 spiro atoms. The Balaban J connectivity index is 2.31. The fourth-order valence-electron chi connectivity index (χ4n) is 1.59. The monoisotopic (exact) mass is 168 g/mol. The van der Waals surface area contributed by atoms with Crippen molar-refractivity contribution in [3.05, 3.63) is 13.3 Å². The SMILES string of the molecule is [CH2]CC1C[CH]C(C(=O)OCC)C1. The van der Waals surface area contributed by atoms with Gasteiger partial charge in [0, 0.05) is 0 Å². The van der Waals surface area contributed by atoms with Crippen molar-refractivity contribution in [2.75, 3.05) is 6.61 Å². The van der Waals surface area contributed by atoms with Crippen LogP contribution in [0.25, 0.3) is 0 Å². The summed E-state index contributed by atoms with van der Waals surface area (Å²) < 4.78 is 4.93. The fourth-order valence-corrected chi connectivity index (χ4v) is 1.59.